The van der Waals surface area contributed by atoms with Crippen molar-refractivity contribution in [1.29, 1.82) is 0 Å². The van der Waals surface area contributed by atoms with E-state index < -0.39 is 0 Å². The zero-order valence-electron chi connectivity index (χ0n) is 15.5. The lowest BCUT2D eigenvalue weighted by molar-refractivity contribution is 0.0958. The number of pyridine rings is 1. The molecule has 3 aromatic rings. The van der Waals surface area contributed by atoms with Crippen LogP contribution in [0, 0.1) is 0 Å². The quantitative estimate of drug-likeness (QED) is 0.723. The van der Waals surface area contributed by atoms with Gasteiger partial charge < -0.3 is 19.9 Å². The number of amides is 1. The minimum absolute atomic E-state index is 0.247. The highest BCUT2D eigenvalue weighted by Gasteiger charge is 2.17. The van der Waals surface area contributed by atoms with Gasteiger partial charge >= 0.3 is 0 Å². The summed E-state index contributed by atoms with van der Waals surface area (Å²) in [6.07, 6.45) is 6.52. The van der Waals surface area contributed by atoms with Crippen molar-refractivity contribution < 1.29 is 9.53 Å². The molecular formula is C20H23N5O2. The number of fused-ring (bicyclic) bond motifs is 1. The Kier molecular flexibility index (Phi) is 4.66. The number of nitrogens with zero attached hydrogens (tertiary/aromatic N) is 3. The molecular weight excluding hydrogens is 342 g/mol. The summed E-state index contributed by atoms with van der Waals surface area (Å²) in [5.74, 6) is 1.87. The van der Waals surface area contributed by atoms with Crippen molar-refractivity contribution in [3.05, 3.63) is 42.2 Å². The first-order valence-corrected chi connectivity index (χ1v) is 9.23. The van der Waals surface area contributed by atoms with Crippen LogP contribution < -0.4 is 15.4 Å². The van der Waals surface area contributed by atoms with Crippen molar-refractivity contribution in [2.75, 3.05) is 12.4 Å². The van der Waals surface area contributed by atoms with Gasteiger partial charge in [-0.2, -0.15) is 0 Å². The highest BCUT2D eigenvalue weighted by molar-refractivity contribution is 5.92. The molecule has 7 nitrogen and oxygen atoms in total. The molecule has 1 aliphatic rings. The van der Waals surface area contributed by atoms with Crippen LogP contribution in [0.1, 0.15) is 36.2 Å². The smallest absolute Gasteiger partial charge is 0.269 e. The first-order valence-electron chi connectivity index (χ1n) is 9.23. The first-order chi connectivity index (χ1) is 13.1. The number of hydrogen-bond donors (Lipinski definition) is 2. The van der Waals surface area contributed by atoms with Crippen LogP contribution in [0.4, 0.5) is 5.95 Å². The molecule has 1 saturated carbocycles. The molecule has 0 atom stereocenters. The number of carbonyl (C=O) groups is 1. The van der Waals surface area contributed by atoms with E-state index in [1.165, 1.54) is 25.7 Å². The minimum atomic E-state index is -0.247. The van der Waals surface area contributed by atoms with Gasteiger partial charge in [0.1, 0.15) is 17.2 Å². The van der Waals surface area contributed by atoms with Gasteiger partial charge in [0.15, 0.2) is 0 Å². The molecule has 0 spiro atoms. The predicted octanol–water partition coefficient (Wildman–Crippen LogP) is 3.47. The number of nitrogens with one attached hydrogen (secondary N) is 2. The number of carbonyl (C=O) groups excluding carboxylic acids is 1. The average Bonchev–Trinajstić information content (AvgIpc) is 3.30. The molecule has 4 rings (SSSR count). The van der Waals surface area contributed by atoms with E-state index in [2.05, 4.69) is 20.2 Å². The van der Waals surface area contributed by atoms with E-state index in [9.17, 15) is 4.79 Å². The van der Waals surface area contributed by atoms with Gasteiger partial charge in [-0.3, -0.25) is 9.78 Å². The number of aryl methyl sites for hydroxylation is 1. The maximum Gasteiger partial charge on any atom is 0.269 e. The number of ether oxygens (including phenoxy) is 1. The van der Waals surface area contributed by atoms with Gasteiger partial charge in [0.25, 0.3) is 5.91 Å². The molecule has 0 radical (unpaired) electrons. The van der Waals surface area contributed by atoms with E-state index in [-0.39, 0.29) is 5.91 Å². The van der Waals surface area contributed by atoms with Crippen LogP contribution in [0.15, 0.2) is 36.5 Å². The van der Waals surface area contributed by atoms with Crippen molar-refractivity contribution in [2.24, 2.45) is 7.05 Å². The van der Waals surface area contributed by atoms with Crippen LogP contribution in [0.2, 0.25) is 0 Å². The Labute approximate surface area is 157 Å². The van der Waals surface area contributed by atoms with Gasteiger partial charge in [-0.15, -0.1) is 0 Å². The van der Waals surface area contributed by atoms with Crippen molar-refractivity contribution >= 4 is 22.9 Å². The lowest BCUT2D eigenvalue weighted by Crippen LogP contribution is -2.18. The lowest BCUT2D eigenvalue weighted by Gasteiger charge is -2.12. The van der Waals surface area contributed by atoms with Crippen molar-refractivity contribution in [3.8, 4) is 11.5 Å². The van der Waals surface area contributed by atoms with Gasteiger partial charge in [0, 0.05) is 38.5 Å². The number of aromatic nitrogens is 3. The van der Waals surface area contributed by atoms with Crippen LogP contribution in [0.3, 0.4) is 0 Å². The average molecular weight is 365 g/mol. The highest BCUT2D eigenvalue weighted by Crippen LogP contribution is 2.28. The Morgan fingerprint density at radius 2 is 1.96 bits per heavy atom. The third-order valence-corrected chi connectivity index (χ3v) is 4.97. The van der Waals surface area contributed by atoms with Crippen molar-refractivity contribution in [3.63, 3.8) is 0 Å². The number of hydrogen-bond acceptors (Lipinski definition) is 5. The molecule has 0 aliphatic heterocycles. The summed E-state index contributed by atoms with van der Waals surface area (Å²) in [6, 6.07) is 9.67. The largest absolute Gasteiger partial charge is 0.457 e. The molecule has 1 aromatic carbocycles. The van der Waals surface area contributed by atoms with E-state index in [4.69, 9.17) is 9.72 Å². The number of benzene rings is 1. The Morgan fingerprint density at radius 1 is 1.19 bits per heavy atom. The Balaban J connectivity index is 1.57. The fourth-order valence-corrected chi connectivity index (χ4v) is 3.49. The highest BCUT2D eigenvalue weighted by atomic mass is 16.5. The Hall–Kier alpha value is -3.09. The Morgan fingerprint density at radius 3 is 2.74 bits per heavy atom. The minimum Gasteiger partial charge on any atom is -0.457 e. The number of anilines is 1. The summed E-state index contributed by atoms with van der Waals surface area (Å²) in [4.78, 5) is 20.5. The third-order valence-electron chi connectivity index (χ3n) is 4.97. The molecule has 27 heavy (non-hydrogen) atoms. The molecule has 0 unspecified atom stereocenters. The zero-order valence-corrected chi connectivity index (χ0v) is 15.5. The van der Waals surface area contributed by atoms with E-state index in [0.717, 1.165) is 17.0 Å². The third kappa shape index (κ3) is 3.58. The second-order valence-electron chi connectivity index (χ2n) is 6.83. The van der Waals surface area contributed by atoms with E-state index in [1.807, 2.05) is 25.2 Å². The standard InChI is InChI=1S/C20H23N5O2/c1-21-19(26)17-12-15(9-10-22-17)27-14-7-8-18-16(11-14)24-20(25(18)2)23-13-5-3-4-6-13/h7-13H,3-6H2,1-2H3,(H,21,26)(H,23,24). The fourth-order valence-electron chi connectivity index (χ4n) is 3.49. The molecule has 1 aliphatic carbocycles. The van der Waals surface area contributed by atoms with Crippen molar-refractivity contribution in [1.82, 2.24) is 19.9 Å². The predicted molar refractivity (Wildman–Crippen MR) is 104 cm³/mol. The fraction of sp³-hybridized carbons (Fsp3) is 0.350. The van der Waals surface area contributed by atoms with E-state index in [0.29, 0.717) is 23.2 Å². The summed E-state index contributed by atoms with van der Waals surface area (Å²) >= 11 is 0. The van der Waals surface area contributed by atoms with Crippen molar-refractivity contribution in [2.45, 2.75) is 31.7 Å². The second-order valence-corrected chi connectivity index (χ2v) is 6.83. The SMILES string of the molecule is CNC(=O)c1cc(Oc2ccc3c(c2)nc(NC2CCCC2)n3C)ccn1. The molecule has 0 bridgehead atoms. The summed E-state index contributed by atoms with van der Waals surface area (Å²) in [5, 5.41) is 6.11. The summed E-state index contributed by atoms with van der Waals surface area (Å²) in [7, 11) is 3.59. The molecule has 7 heteroatoms. The van der Waals surface area contributed by atoms with Gasteiger partial charge in [0.2, 0.25) is 5.95 Å². The molecule has 1 fully saturated rings. The number of rotatable bonds is 5. The van der Waals surface area contributed by atoms with Gasteiger partial charge in [-0.1, -0.05) is 12.8 Å². The monoisotopic (exact) mass is 365 g/mol. The molecule has 2 aromatic heterocycles. The lowest BCUT2D eigenvalue weighted by atomic mass is 10.2. The van der Waals surface area contributed by atoms with Gasteiger partial charge in [-0.25, -0.2) is 4.98 Å². The summed E-state index contributed by atoms with van der Waals surface area (Å²) in [6.45, 7) is 0. The van der Waals surface area contributed by atoms with Crippen LogP contribution in [-0.4, -0.2) is 33.5 Å². The van der Waals surface area contributed by atoms with Crippen LogP contribution in [0.25, 0.3) is 11.0 Å². The second kappa shape index (κ2) is 7.26. The molecule has 140 valence electrons. The normalized spacial score (nSPS) is 14.4. The van der Waals surface area contributed by atoms with Crippen LogP contribution in [0.5, 0.6) is 11.5 Å². The van der Waals surface area contributed by atoms with E-state index >= 15 is 0 Å². The van der Waals surface area contributed by atoms with E-state index in [1.54, 1.807) is 25.4 Å². The zero-order chi connectivity index (χ0) is 18.8. The number of imidazole rings is 1. The molecule has 2 heterocycles. The van der Waals surface area contributed by atoms with Crippen LogP contribution >= 0.6 is 0 Å². The topological polar surface area (TPSA) is 81.1 Å². The maximum atomic E-state index is 11.7. The molecule has 0 saturated heterocycles. The van der Waals surface area contributed by atoms with Gasteiger partial charge in [0.05, 0.1) is 11.0 Å². The van der Waals surface area contributed by atoms with Crippen LogP contribution in [-0.2, 0) is 7.05 Å². The molecule has 2 N–H and O–H groups in total. The van der Waals surface area contributed by atoms with Gasteiger partial charge in [-0.05, 0) is 31.0 Å². The first kappa shape index (κ1) is 17.3. The Bertz CT molecular complexity index is 976. The maximum absolute atomic E-state index is 11.7. The summed E-state index contributed by atoms with van der Waals surface area (Å²) in [5.41, 5.74) is 2.23. The summed E-state index contributed by atoms with van der Waals surface area (Å²) < 4.78 is 7.99. The molecule has 1 amide bonds.